The second-order valence-corrected chi connectivity index (χ2v) is 9.26. The number of hydrogen-bond donors (Lipinski definition) is 1. The molecule has 2 aromatic heterocycles. The average Bonchev–Trinajstić information content (AvgIpc) is 3.39. The third-order valence-corrected chi connectivity index (χ3v) is 6.74. The first-order chi connectivity index (χ1) is 14.5. The smallest absolute Gasteiger partial charge is 0.222 e. The Morgan fingerprint density at radius 3 is 2.70 bits per heavy atom. The van der Waals surface area contributed by atoms with Crippen molar-refractivity contribution >= 4 is 17.2 Å². The molecule has 3 heterocycles. The van der Waals surface area contributed by atoms with Crippen LogP contribution >= 0.6 is 11.3 Å². The van der Waals surface area contributed by atoms with E-state index in [-0.39, 0.29) is 11.9 Å². The molecular weight excluding hydrogens is 392 g/mol. The third-order valence-electron chi connectivity index (χ3n) is 5.81. The molecule has 30 heavy (non-hydrogen) atoms. The Labute approximate surface area is 182 Å². The van der Waals surface area contributed by atoms with Crippen molar-refractivity contribution in [3.63, 3.8) is 0 Å². The number of thiophene rings is 1. The maximum Gasteiger partial charge on any atom is 0.222 e. The molecule has 1 aromatic carbocycles. The quantitative estimate of drug-likeness (QED) is 0.619. The number of hydrogen-bond acceptors (Lipinski definition) is 4. The first kappa shape index (κ1) is 20.8. The summed E-state index contributed by atoms with van der Waals surface area (Å²) in [4.78, 5) is 21.2. The molecule has 0 saturated heterocycles. The first-order valence-electron chi connectivity index (χ1n) is 10.7. The normalized spacial score (nSPS) is 15.2. The molecule has 5 nitrogen and oxygen atoms in total. The zero-order valence-corrected chi connectivity index (χ0v) is 18.8. The molecular formula is C24H30N4OS. The third kappa shape index (κ3) is 4.50. The van der Waals surface area contributed by atoms with Crippen LogP contribution in [0.5, 0.6) is 0 Å². The van der Waals surface area contributed by atoms with Gasteiger partial charge in [-0.3, -0.25) is 9.69 Å². The van der Waals surface area contributed by atoms with Gasteiger partial charge in [-0.05, 0) is 17.0 Å². The lowest BCUT2D eigenvalue weighted by Gasteiger charge is -2.26. The van der Waals surface area contributed by atoms with E-state index < -0.39 is 0 Å². The fourth-order valence-corrected chi connectivity index (χ4v) is 5.03. The van der Waals surface area contributed by atoms with E-state index in [1.165, 1.54) is 11.4 Å². The number of amides is 1. The number of benzene rings is 1. The lowest BCUT2D eigenvalue weighted by molar-refractivity contribution is -0.122. The molecule has 1 unspecified atom stereocenters. The van der Waals surface area contributed by atoms with E-state index in [0.717, 1.165) is 42.3 Å². The van der Waals surface area contributed by atoms with Crippen molar-refractivity contribution in [3.8, 4) is 0 Å². The van der Waals surface area contributed by atoms with Crippen LogP contribution in [0.1, 0.15) is 59.9 Å². The Hall–Kier alpha value is -2.44. The highest BCUT2D eigenvalue weighted by Crippen LogP contribution is 2.26. The Bertz CT molecular complexity index is 978. The van der Waals surface area contributed by atoms with Crippen LogP contribution in [0.15, 0.2) is 47.8 Å². The van der Waals surface area contributed by atoms with Crippen molar-refractivity contribution in [2.45, 2.75) is 45.2 Å². The van der Waals surface area contributed by atoms with Gasteiger partial charge in [-0.25, -0.2) is 4.98 Å². The van der Waals surface area contributed by atoms with Crippen LogP contribution in [0.4, 0.5) is 0 Å². The minimum Gasteiger partial charge on any atom is -0.344 e. The van der Waals surface area contributed by atoms with Crippen LogP contribution in [-0.4, -0.2) is 33.4 Å². The molecule has 0 fully saturated rings. The van der Waals surface area contributed by atoms with Gasteiger partial charge in [0.2, 0.25) is 5.91 Å². The van der Waals surface area contributed by atoms with Crippen molar-refractivity contribution in [1.82, 2.24) is 19.8 Å². The highest BCUT2D eigenvalue weighted by Gasteiger charge is 2.24. The standard InChI is InChI=1S/C24H30N4OS/c1-17(2)24-25-19-16-28(13-11-20(19)27(24)3)14-12-22(29)26-23(21-10-7-15-30-21)18-8-5-4-6-9-18/h4-10,15,17,23H,11-14,16H2,1-3H3,(H,26,29). The summed E-state index contributed by atoms with van der Waals surface area (Å²) in [7, 11) is 2.12. The van der Waals surface area contributed by atoms with Crippen LogP contribution in [0.3, 0.4) is 0 Å². The summed E-state index contributed by atoms with van der Waals surface area (Å²) in [5.74, 6) is 1.67. The topological polar surface area (TPSA) is 50.2 Å². The molecule has 4 rings (SSSR count). The Balaban J connectivity index is 1.37. The van der Waals surface area contributed by atoms with E-state index in [0.29, 0.717) is 12.3 Å². The molecule has 0 aliphatic carbocycles. The van der Waals surface area contributed by atoms with Gasteiger partial charge in [0.1, 0.15) is 5.82 Å². The highest BCUT2D eigenvalue weighted by atomic mass is 32.1. The maximum absolute atomic E-state index is 12.8. The number of nitrogens with one attached hydrogen (secondary N) is 1. The van der Waals surface area contributed by atoms with Crippen LogP contribution in [-0.2, 0) is 24.8 Å². The molecule has 1 atom stereocenters. The van der Waals surface area contributed by atoms with Gasteiger partial charge in [0, 0.05) is 56.0 Å². The summed E-state index contributed by atoms with van der Waals surface area (Å²) >= 11 is 1.68. The van der Waals surface area contributed by atoms with Crippen molar-refractivity contribution < 1.29 is 4.79 Å². The summed E-state index contributed by atoms with van der Waals surface area (Å²) in [6.45, 7) is 6.94. The zero-order valence-electron chi connectivity index (χ0n) is 18.0. The molecule has 0 radical (unpaired) electrons. The molecule has 3 aromatic rings. The lowest BCUT2D eigenvalue weighted by Crippen LogP contribution is -2.36. The summed E-state index contributed by atoms with van der Waals surface area (Å²) in [5.41, 5.74) is 3.64. The van der Waals surface area contributed by atoms with E-state index in [1.807, 2.05) is 24.3 Å². The minimum absolute atomic E-state index is 0.0870. The van der Waals surface area contributed by atoms with Gasteiger partial charge in [-0.1, -0.05) is 50.2 Å². The minimum atomic E-state index is -0.0870. The molecule has 0 bridgehead atoms. The molecule has 1 aliphatic rings. The van der Waals surface area contributed by atoms with Gasteiger partial charge in [0.15, 0.2) is 0 Å². The van der Waals surface area contributed by atoms with Gasteiger partial charge in [0.25, 0.3) is 0 Å². The van der Waals surface area contributed by atoms with Crippen LogP contribution < -0.4 is 5.32 Å². The Morgan fingerprint density at radius 1 is 1.20 bits per heavy atom. The molecule has 1 N–H and O–H groups in total. The summed E-state index contributed by atoms with van der Waals surface area (Å²) in [6, 6.07) is 14.2. The van der Waals surface area contributed by atoms with Crippen molar-refractivity contribution in [1.29, 1.82) is 0 Å². The van der Waals surface area contributed by atoms with E-state index in [1.54, 1.807) is 11.3 Å². The van der Waals surface area contributed by atoms with Crippen molar-refractivity contribution in [3.05, 3.63) is 75.5 Å². The fraction of sp³-hybridized carbons (Fsp3) is 0.417. The van der Waals surface area contributed by atoms with Crippen molar-refractivity contribution in [2.24, 2.45) is 7.05 Å². The number of nitrogens with zero attached hydrogens (tertiary/aromatic N) is 3. The van der Waals surface area contributed by atoms with Crippen LogP contribution in [0, 0.1) is 0 Å². The van der Waals surface area contributed by atoms with E-state index in [9.17, 15) is 4.79 Å². The number of aromatic nitrogens is 2. The zero-order chi connectivity index (χ0) is 21.1. The number of fused-ring (bicyclic) bond motifs is 1. The largest absolute Gasteiger partial charge is 0.344 e. The summed E-state index contributed by atoms with van der Waals surface area (Å²) in [6.07, 6.45) is 1.49. The van der Waals surface area contributed by atoms with Crippen LogP contribution in [0.25, 0.3) is 0 Å². The van der Waals surface area contributed by atoms with E-state index in [4.69, 9.17) is 4.98 Å². The number of carbonyl (C=O) groups excluding carboxylic acids is 1. The SMILES string of the molecule is CC(C)c1nc2c(n1C)CCN(CCC(=O)NC(c1ccccc1)c1cccs1)C2. The molecule has 158 valence electrons. The maximum atomic E-state index is 12.8. The summed E-state index contributed by atoms with van der Waals surface area (Å²) in [5, 5.41) is 5.30. The second kappa shape index (κ2) is 9.14. The monoisotopic (exact) mass is 422 g/mol. The van der Waals surface area contributed by atoms with Crippen LogP contribution in [0.2, 0.25) is 0 Å². The fourth-order valence-electron chi connectivity index (χ4n) is 4.22. The van der Waals surface area contributed by atoms with E-state index >= 15 is 0 Å². The number of carbonyl (C=O) groups is 1. The highest BCUT2D eigenvalue weighted by molar-refractivity contribution is 7.10. The molecule has 0 spiro atoms. The Kier molecular flexibility index (Phi) is 6.35. The molecule has 1 aliphatic heterocycles. The van der Waals surface area contributed by atoms with Gasteiger partial charge < -0.3 is 9.88 Å². The van der Waals surface area contributed by atoms with Gasteiger partial charge in [-0.15, -0.1) is 11.3 Å². The number of imidazole rings is 1. The second-order valence-electron chi connectivity index (χ2n) is 8.28. The first-order valence-corrected chi connectivity index (χ1v) is 11.6. The van der Waals surface area contributed by atoms with Gasteiger partial charge in [0.05, 0.1) is 11.7 Å². The van der Waals surface area contributed by atoms with Gasteiger partial charge in [-0.2, -0.15) is 0 Å². The molecule has 6 heteroatoms. The predicted octanol–water partition coefficient (Wildman–Crippen LogP) is 4.26. The van der Waals surface area contributed by atoms with E-state index in [2.05, 4.69) is 59.3 Å². The summed E-state index contributed by atoms with van der Waals surface area (Å²) < 4.78 is 2.26. The number of rotatable bonds is 7. The average molecular weight is 423 g/mol. The van der Waals surface area contributed by atoms with Gasteiger partial charge >= 0.3 is 0 Å². The van der Waals surface area contributed by atoms with Crippen molar-refractivity contribution in [2.75, 3.05) is 13.1 Å². The molecule has 0 saturated carbocycles. The molecule has 1 amide bonds. The lowest BCUT2D eigenvalue weighted by atomic mass is 10.1. The Morgan fingerprint density at radius 2 is 2.00 bits per heavy atom. The predicted molar refractivity (Wildman–Crippen MR) is 122 cm³/mol.